The number of carbonyl (C=O) groups is 2. The van der Waals surface area contributed by atoms with Crippen molar-refractivity contribution in [1.82, 2.24) is 0 Å². The molecule has 0 saturated carbocycles. The van der Waals surface area contributed by atoms with Gasteiger partial charge in [0.25, 0.3) is 0 Å². The van der Waals surface area contributed by atoms with Crippen LogP contribution in [0.2, 0.25) is 0 Å². The van der Waals surface area contributed by atoms with Gasteiger partial charge in [-0.1, -0.05) is 200 Å². The molecule has 15 nitrogen and oxygen atoms in total. The second-order valence-electron chi connectivity index (χ2n) is 19.4. The lowest BCUT2D eigenvalue weighted by Gasteiger charge is -2.42. The SMILES string of the molecule is CCCCCCCCCCCCCCCCCCCCCCCCC(=O)O[C@H](COC(=O)CCCCCCCCCCC)CO[C@H]1O[C@@H](CO[C@H]2O[C@@H](CO)[C@@H](O)C(O)C2O)[C@@H](O)C(O)C1O. The fourth-order valence-electron chi connectivity index (χ4n) is 8.87. The number of hydrogen-bond donors (Lipinski definition) is 7. The van der Waals surface area contributed by atoms with Crippen molar-refractivity contribution in [2.45, 2.75) is 293 Å². The van der Waals surface area contributed by atoms with Gasteiger partial charge in [-0.2, -0.15) is 0 Å². The molecule has 2 rings (SSSR count). The standard InChI is InChI=1S/C52H98O15/c1-3-5-7-9-11-13-14-15-16-17-18-19-20-21-22-23-24-25-27-29-31-33-35-44(55)65-40(37-62-43(54)34-32-30-28-26-12-10-8-6-4-2)38-63-51-50(61)48(59)46(57)42(67-51)39-64-52-49(60)47(58)45(56)41(36-53)66-52/h40-42,45-53,56-61H,3-39H2,1-2H3/t40-,41+,42+,45-,46-,47?,48?,49?,50?,51+,52+/m1/s1. The molecule has 11 atom stereocenters. The van der Waals surface area contributed by atoms with Crippen LogP contribution < -0.4 is 0 Å². The van der Waals surface area contributed by atoms with Gasteiger partial charge in [0.05, 0.1) is 19.8 Å². The van der Waals surface area contributed by atoms with E-state index in [1.54, 1.807) is 0 Å². The van der Waals surface area contributed by atoms with Crippen LogP contribution in [0.5, 0.6) is 0 Å². The molecule has 2 heterocycles. The predicted octanol–water partition coefficient (Wildman–Crippen LogP) is 8.00. The lowest BCUT2D eigenvalue weighted by molar-refractivity contribution is -0.332. The van der Waals surface area contributed by atoms with E-state index in [4.69, 9.17) is 28.4 Å². The van der Waals surface area contributed by atoms with E-state index >= 15 is 0 Å². The topological polar surface area (TPSA) is 231 Å². The fourth-order valence-corrected chi connectivity index (χ4v) is 8.87. The third-order valence-corrected chi connectivity index (χ3v) is 13.3. The zero-order chi connectivity index (χ0) is 48.9. The minimum Gasteiger partial charge on any atom is -0.462 e. The molecule has 0 spiro atoms. The zero-order valence-corrected chi connectivity index (χ0v) is 41.9. The van der Waals surface area contributed by atoms with Crippen LogP contribution in [-0.2, 0) is 38.0 Å². The van der Waals surface area contributed by atoms with Crippen LogP contribution >= 0.6 is 0 Å². The average Bonchev–Trinajstić information content (AvgIpc) is 3.32. The first-order valence-electron chi connectivity index (χ1n) is 27.1. The fraction of sp³-hybridized carbons (Fsp3) is 0.962. The summed E-state index contributed by atoms with van der Waals surface area (Å²) >= 11 is 0. The highest BCUT2D eigenvalue weighted by molar-refractivity contribution is 5.70. The molecule has 0 amide bonds. The van der Waals surface area contributed by atoms with Crippen molar-refractivity contribution in [3.8, 4) is 0 Å². The smallest absolute Gasteiger partial charge is 0.306 e. The minimum absolute atomic E-state index is 0.173. The van der Waals surface area contributed by atoms with Crippen molar-refractivity contribution in [2.24, 2.45) is 0 Å². The van der Waals surface area contributed by atoms with E-state index in [-0.39, 0.29) is 26.1 Å². The van der Waals surface area contributed by atoms with Crippen molar-refractivity contribution in [1.29, 1.82) is 0 Å². The van der Waals surface area contributed by atoms with Crippen LogP contribution in [0, 0.1) is 0 Å². The molecular weight excluding hydrogens is 865 g/mol. The van der Waals surface area contributed by atoms with Gasteiger partial charge in [-0.05, 0) is 12.8 Å². The summed E-state index contributed by atoms with van der Waals surface area (Å²) in [5.74, 6) is -0.912. The summed E-state index contributed by atoms with van der Waals surface area (Å²) in [6.07, 6.45) is 21.5. The number of esters is 2. The molecule has 2 saturated heterocycles. The van der Waals surface area contributed by atoms with Gasteiger partial charge >= 0.3 is 11.9 Å². The molecule has 67 heavy (non-hydrogen) atoms. The molecule has 15 heteroatoms. The quantitative estimate of drug-likeness (QED) is 0.0227. The Balaban J connectivity index is 1.72. The van der Waals surface area contributed by atoms with Crippen molar-refractivity contribution in [3.63, 3.8) is 0 Å². The van der Waals surface area contributed by atoms with Crippen LogP contribution in [-0.4, -0.2) is 142 Å². The van der Waals surface area contributed by atoms with Gasteiger partial charge in [-0.25, -0.2) is 0 Å². The first-order chi connectivity index (χ1) is 32.5. The zero-order valence-electron chi connectivity index (χ0n) is 41.9. The monoisotopic (exact) mass is 963 g/mol. The second-order valence-corrected chi connectivity index (χ2v) is 19.4. The van der Waals surface area contributed by atoms with Crippen molar-refractivity contribution in [3.05, 3.63) is 0 Å². The summed E-state index contributed by atoms with van der Waals surface area (Å²) in [6, 6.07) is 0. The lowest BCUT2D eigenvalue weighted by Crippen LogP contribution is -2.61. The minimum atomic E-state index is -1.76. The lowest BCUT2D eigenvalue weighted by atomic mass is 9.98. The van der Waals surface area contributed by atoms with Gasteiger partial charge in [-0.3, -0.25) is 9.59 Å². The summed E-state index contributed by atoms with van der Waals surface area (Å²) < 4.78 is 33.6. The van der Waals surface area contributed by atoms with Crippen LogP contribution in [0.15, 0.2) is 0 Å². The maximum Gasteiger partial charge on any atom is 0.306 e. The molecule has 0 aromatic carbocycles. The molecular formula is C52H98O15. The van der Waals surface area contributed by atoms with Gasteiger partial charge in [0.15, 0.2) is 18.7 Å². The maximum atomic E-state index is 13.0. The van der Waals surface area contributed by atoms with Gasteiger partial charge in [-0.15, -0.1) is 0 Å². The largest absolute Gasteiger partial charge is 0.462 e. The Kier molecular flexibility index (Phi) is 36.9. The molecule has 396 valence electrons. The van der Waals surface area contributed by atoms with Gasteiger partial charge in [0, 0.05) is 12.8 Å². The molecule has 0 bridgehead atoms. The molecule has 4 unspecified atom stereocenters. The first-order valence-corrected chi connectivity index (χ1v) is 27.1. The van der Waals surface area contributed by atoms with Crippen LogP contribution in [0.3, 0.4) is 0 Å². The average molecular weight is 963 g/mol. The summed E-state index contributed by atoms with van der Waals surface area (Å²) in [6.45, 7) is 2.60. The van der Waals surface area contributed by atoms with Crippen molar-refractivity contribution >= 4 is 11.9 Å². The van der Waals surface area contributed by atoms with Crippen molar-refractivity contribution < 1.29 is 73.8 Å². The molecule has 0 aromatic heterocycles. The molecule has 0 aromatic rings. The summed E-state index contributed by atoms with van der Waals surface area (Å²) in [7, 11) is 0. The highest BCUT2D eigenvalue weighted by Crippen LogP contribution is 2.27. The highest BCUT2D eigenvalue weighted by Gasteiger charge is 2.47. The molecule has 0 radical (unpaired) electrons. The molecule has 2 fully saturated rings. The number of carbonyl (C=O) groups excluding carboxylic acids is 2. The Morgan fingerprint density at radius 2 is 0.761 bits per heavy atom. The van der Waals surface area contributed by atoms with Crippen LogP contribution in [0.1, 0.15) is 226 Å². The van der Waals surface area contributed by atoms with E-state index in [2.05, 4.69) is 13.8 Å². The Hall–Kier alpha value is -1.50. The van der Waals surface area contributed by atoms with E-state index < -0.39 is 92.7 Å². The maximum absolute atomic E-state index is 13.0. The summed E-state index contributed by atoms with van der Waals surface area (Å²) in [5.41, 5.74) is 0. The van der Waals surface area contributed by atoms with E-state index in [9.17, 15) is 45.3 Å². The Morgan fingerprint density at radius 1 is 0.418 bits per heavy atom. The predicted molar refractivity (Wildman–Crippen MR) is 257 cm³/mol. The van der Waals surface area contributed by atoms with Gasteiger partial charge in [0.1, 0.15) is 55.4 Å². The second kappa shape index (κ2) is 40.1. The molecule has 7 N–H and O–H groups in total. The van der Waals surface area contributed by atoms with E-state index in [1.807, 2.05) is 0 Å². The molecule has 2 aliphatic rings. The van der Waals surface area contributed by atoms with E-state index in [1.165, 1.54) is 148 Å². The molecule has 2 aliphatic heterocycles. The van der Waals surface area contributed by atoms with Gasteiger partial charge < -0.3 is 64.2 Å². The number of aliphatic hydroxyl groups excluding tert-OH is 7. The summed E-state index contributed by atoms with van der Waals surface area (Å²) in [4.78, 5) is 25.7. The van der Waals surface area contributed by atoms with Crippen LogP contribution in [0.25, 0.3) is 0 Å². The number of rotatable bonds is 43. The Labute approximate surface area is 404 Å². The Bertz CT molecular complexity index is 1180. The number of aliphatic hydroxyl groups is 7. The van der Waals surface area contributed by atoms with E-state index in [0.29, 0.717) is 12.8 Å². The number of unbranched alkanes of at least 4 members (excludes halogenated alkanes) is 29. The highest BCUT2D eigenvalue weighted by atomic mass is 16.7. The van der Waals surface area contributed by atoms with E-state index in [0.717, 1.165) is 38.5 Å². The third kappa shape index (κ3) is 28.2. The Morgan fingerprint density at radius 3 is 1.16 bits per heavy atom. The third-order valence-electron chi connectivity index (χ3n) is 13.3. The van der Waals surface area contributed by atoms with Crippen molar-refractivity contribution in [2.75, 3.05) is 26.4 Å². The van der Waals surface area contributed by atoms with Crippen LogP contribution in [0.4, 0.5) is 0 Å². The summed E-state index contributed by atoms with van der Waals surface area (Å²) in [5, 5.41) is 72.0. The number of ether oxygens (including phenoxy) is 6. The first kappa shape index (κ1) is 61.6. The van der Waals surface area contributed by atoms with Gasteiger partial charge in [0.2, 0.25) is 0 Å². The normalized spacial score (nSPS) is 25.9. The molecule has 0 aliphatic carbocycles. The number of hydrogen-bond acceptors (Lipinski definition) is 15.